The third-order valence-corrected chi connectivity index (χ3v) is 4.21. The van der Waals surface area contributed by atoms with E-state index in [-0.39, 0.29) is 18.4 Å². The van der Waals surface area contributed by atoms with E-state index in [4.69, 9.17) is 27.9 Å². The van der Waals surface area contributed by atoms with Crippen LogP contribution in [-0.2, 0) is 4.79 Å². The van der Waals surface area contributed by atoms with Crippen LogP contribution in [0.25, 0.3) is 0 Å². The van der Waals surface area contributed by atoms with Crippen molar-refractivity contribution >= 4 is 50.7 Å². The summed E-state index contributed by atoms with van der Waals surface area (Å²) in [7, 11) is 0. The molecule has 0 aromatic heterocycles. The van der Waals surface area contributed by atoms with E-state index in [0.717, 1.165) is 10.0 Å². The summed E-state index contributed by atoms with van der Waals surface area (Å²) < 4.78 is 6.62. The van der Waals surface area contributed by atoms with Gasteiger partial charge in [0.1, 0.15) is 5.75 Å². The Morgan fingerprint density at radius 1 is 1.22 bits per heavy atom. The second-order valence-corrected chi connectivity index (χ2v) is 7.06. The van der Waals surface area contributed by atoms with Gasteiger partial charge in [-0.15, -0.1) is 0 Å². The van der Waals surface area contributed by atoms with Gasteiger partial charge in [0.2, 0.25) is 0 Å². The van der Waals surface area contributed by atoms with Crippen molar-refractivity contribution in [1.29, 1.82) is 0 Å². The molecule has 0 aliphatic rings. The van der Waals surface area contributed by atoms with Crippen LogP contribution < -0.4 is 10.1 Å². The molecule has 0 bridgehead atoms. The summed E-state index contributed by atoms with van der Waals surface area (Å²) in [6, 6.07) is 10.6. The Bertz CT molecular complexity index is 720. The highest BCUT2D eigenvalue weighted by atomic mass is 79.9. The van der Waals surface area contributed by atoms with Crippen LogP contribution in [0.4, 0.5) is 5.69 Å². The highest BCUT2D eigenvalue weighted by Gasteiger charge is 2.12. The van der Waals surface area contributed by atoms with Gasteiger partial charge in [-0.1, -0.05) is 53.0 Å². The van der Waals surface area contributed by atoms with E-state index >= 15 is 0 Å². The second kappa shape index (κ2) is 8.04. The maximum absolute atomic E-state index is 12.1. The quantitative estimate of drug-likeness (QED) is 0.659. The summed E-state index contributed by atoms with van der Waals surface area (Å²) in [6.07, 6.45) is 0. The topological polar surface area (TPSA) is 38.3 Å². The standard InChI is InChI=1S/C17H16BrCl2NO2/c1-10(2)13-7-11(18)3-6-16(13)23-9-17(22)21-15-8-12(19)4-5-14(15)20/h3-8,10H,9H2,1-2H3,(H,21,22). The third kappa shape index (κ3) is 5.13. The molecule has 122 valence electrons. The van der Waals surface area contributed by atoms with Gasteiger partial charge >= 0.3 is 0 Å². The number of hydrogen-bond acceptors (Lipinski definition) is 2. The van der Waals surface area contributed by atoms with E-state index in [1.54, 1.807) is 18.2 Å². The van der Waals surface area contributed by atoms with Gasteiger partial charge in [0.05, 0.1) is 10.7 Å². The molecule has 0 saturated heterocycles. The molecule has 1 amide bonds. The van der Waals surface area contributed by atoms with Crippen LogP contribution in [-0.4, -0.2) is 12.5 Å². The molecule has 0 heterocycles. The number of amides is 1. The van der Waals surface area contributed by atoms with E-state index in [1.807, 2.05) is 18.2 Å². The lowest BCUT2D eigenvalue weighted by atomic mass is 10.0. The molecule has 0 unspecified atom stereocenters. The summed E-state index contributed by atoms with van der Waals surface area (Å²) in [5.74, 6) is 0.676. The van der Waals surface area contributed by atoms with E-state index in [9.17, 15) is 4.79 Å². The Kier molecular flexibility index (Phi) is 6.33. The zero-order chi connectivity index (χ0) is 17.0. The van der Waals surface area contributed by atoms with Crippen LogP contribution in [0.2, 0.25) is 10.0 Å². The number of carbonyl (C=O) groups excluding carboxylic acids is 1. The molecule has 0 spiro atoms. The summed E-state index contributed by atoms with van der Waals surface area (Å²) >= 11 is 15.4. The lowest BCUT2D eigenvalue weighted by molar-refractivity contribution is -0.118. The highest BCUT2D eigenvalue weighted by Crippen LogP contribution is 2.30. The van der Waals surface area contributed by atoms with E-state index in [1.165, 1.54) is 0 Å². The fourth-order valence-electron chi connectivity index (χ4n) is 2.02. The third-order valence-electron chi connectivity index (χ3n) is 3.16. The Balaban J connectivity index is 2.04. The average Bonchev–Trinajstić information content (AvgIpc) is 2.49. The average molecular weight is 417 g/mol. The van der Waals surface area contributed by atoms with Crippen LogP contribution in [0.5, 0.6) is 5.75 Å². The normalized spacial score (nSPS) is 10.7. The molecule has 0 radical (unpaired) electrons. The van der Waals surface area contributed by atoms with Crippen molar-refractivity contribution in [2.24, 2.45) is 0 Å². The van der Waals surface area contributed by atoms with Crippen molar-refractivity contribution in [3.63, 3.8) is 0 Å². The molecule has 2 aromatic rings. The zero-order valence-corrected chi connectivity index (χ0v) is 15.8. The molecule has 0 aliphatic heterocycles. The van der Waals surface area contributed by atoms with Gasteiger partial charge in [-0.2, -0.15) is 0 Å². The zero-order valence-electron chi connectivity index (χ0n) is 12.7. The first kappa shape index (κ1) is 18.1. The number of benzene rings is 2. The van der Waals surface area contributed by atoms with Crippen molar-refractivity contribution in [3.8, 4) is 5.75 Å². The van der Waals surface area contributed by atoms with Crippen molar-refractivity contribution in [1.82, 2.24) is 0 Å². The Labute approximate surface area is 154 Å². The van der Waals surface area contributed by atoms with Crippen molar-refractivity contribution in [3.05, 3.63) is 56.5 Å². The molecule has 0 saturated carbocycles. The molecule has 0 aliphatic carbocycles. The molecule has 23 heavy (non-hydrogen) atoms. The van der Waals surface area contributed by atoms with Crippen molar-refractivity contribution in [2.45, 2.75) is 19.8 Å². The highest BCUT2D eigenvalue weighted by molar-refractivity contribution is 9.10. The SMILES string of the molecule is CC(C)c1cc(Br)ccc1OCC(=O)Nc1cc(Cl)ccc1Cl. The smallest absolute Gasteiger partial charge is 0.262 e. The maximum Gasteiger partial charge on any atom is 0.262 e. The predicted octanol–water partition coefficient (Wildman–Crippen LogP) is 5.90. The van der Waals surface area contributed by atoms with E-state index in [2.05, 4.69) is 35.1 Å². The van der Waals surface area contributed by atoms with Crippen LogP contribution in [0.15, 0.2) is 40.9 Å². The largest absolute Gasteiger partial charge is 0.483 e. The van der Waals surface area contributed by atoms with E-state index < -0.39 is 0 Å². The van der Waals surface area contributed by atoms with Crippen molar-refractivity contribution in [2.75, 3.05) is 11.9 Å². The molecule has 2 aromatic carbocycles. The fourth-order valence-corrected chi connectivity index (χ4v) is 2.74. The minimum absolute atomic E-state index is 0.107. The van der Waals surface area contributed by atoms with Crippen LogP contribution in [0.3, 0.4) is 0 Å². The number of anilines is 1. The Morgan fingerprint density at radius 3 is 2.65 bits per heavy atom. The number of nitrogens with one attached hydrogen (secondary N) is 1. The van der Waals surface area contributed by atoms with Gasteiger partial charge in [-0.05, 0) is 47.9 Å². The minimum Gasteiger partial charge on any atom is -0.483 e. The maximum atomic E-state index is 12.1. The molecular weight excluding hydrogens is 401 g/mol. The van der Waals surface area contributed by atoms with Crippen LogP contribution >= 0.6 is 39.1 Å². The Morgan fingerprint density at radius 2 is 1.96 bits per heavy atom. The first-order valence-corrected chi connectivity index (χ1v) is 8.59. The molecule has 1 N–H and O–H groups in total. The lowest BCUT2D eigenvalue weighted by Gasteiger charge is -2.14. The molecule has 0 fully saturated rings. The molecule has 2 rings (SSSR count). The van der Waals surface area contributed by atoms with Crippen LogP contribution in [0, 0.1) is 0 Å². The van der Waals surface area contributed by atoms with Gasteiger partial charge in [-0.25, -0.2) is 0 Å². The first-order valence-electron chi connectivity index (χ1n) is 7.04. The molecule has 3 nitrogen and oxygen atoms in total. The predicted molar refractivity (Wildman–Crippen MR) is 98.8 cm³/mol. The lowest BCUT2D eigenvalue weighted by Crippen LogP contribution is -2.20. The van der Waals surface area contributed by atoms with Gasteiger partial charge < -0.3 is 10.1 Å². The monoisotopic (exact) mass is 415 g/mol. The minimum atomic E-state index is -0.299. The molecular formula is C17H16BrCl2NO2. The van der Waals surface area contributed by atoms with Crippen LogP contribution in [0.1, 0.15) is 25.3 Å². The summed E-state index contributed by atoms with van der Waals surface area (Å²) in [4.78, 5) is 12.1. The summed E-state index contributed by atoms with van der Waals surface area (Å²) in [5.41, 5.74) is 1.50. The molecule has 6 heteroatoms. The van der Waals surface area contributed by atoms with Crippen molar-refractivity contribution < 1.29 is 9.53 Å². The summed E-state index contributed by atoms with van der Waals surface area (Å²) in [5, 5.41) is 3.62. The molecule has 0 atom stereocenters. The second-order valence-electron chi connectivity index (χ2n) is 5.30. The fraction of sp³-hybridized carbons (Fsp3) is 0.235. The van der Waals surface area contributed by atoms with Gasteiger partial charge in [0.15, 0.2) is 6.61 Å². The first-order chi connectivity index (χ1) is 10.9. The number of hydrogen-bond donors (Lipinski definition) is 1. The number of halogens is 3. The number of carbonyl (C=O) groups is 1. The van der Waals surface area contributed by atoms with Gasteiger partial charge in [-0.3, -0.25) is 4.79 Å². The van der Waals surface area contributed by atoms with Gasteiger partial charge in [0, 0.05) is 9.50 Å². The number of ether oxygens (including phenoxy) is 1. The summed E-state index contributed by atoms with van der Waals surface area (Å²) in [6.45, 7) is 4.03. The number of rotatable bonds is 5. The van der Waals surface area contributed by atoms with E-state index in [0.29, 0.717) is 21.5 Å². The Hall–Kier alpha value is -1.23. The van der Waals surface area contributed by atoms with Gasteiger partial charge in [0.25, 0.3) is 5.91 Å².